The fraction of sp³-hybridized carbons (Fsp3) is 0.647. The van der Waals surface area contributed by atoms with Crippen LogP contribution < -0.4 is 27.2 Å². The summed E-state index contributed by atoms with van der Waals surface area (Å²) in [6.45, 7) is 6.36. The van der Waals surface area contributed by atoms with Gasteiger partial charge < -0.3 is 16.0 Å². The molecule has 138 valence electrons. The molecule has 8 nitrogen and oxygen atoms in total. The van der Waals surface area contributed by atoms with Crippen molar-refractivity contribution in [3.05, 3.63) is 32.5 Å². The number of nitrogens with two attached hydrogens (primary N) is 1. The molecule has 25 heavy (non-hydrogen) atoms. The quantitative estimate of drug-likeness (QED) is 0.747. The maximum atomic E-state index is 12.8. The van der Waals surface area contributed by atoms with Gasteiger partial charge in [0.25, 0.3) is 5.56 Å². The molecule has 3 N–H and O–H groups in total. The van der Waals surface area contributed by atoms with Gasteiger partial charge in [0, 0.05) is 39.8 Å². The highest BCUT2D eigenvalue weighted by Gasteiger charge is 2.38. The third kappa shape index (κ3) is 3.11. The van der Waals surface area contributed by atoms with Crippen molar-refractivity contribution in [2.45, 2.75) is 39.0 Å². The van der Waals surface area contributed by atoms with Crippen molar-refractivity contribution in [1.29, 1.82) is 0 Å². The van der Waals surface area contributed by atoms with E-state index in [1.807, 2.05) is 18.7 Å². The maximum Gasteiger partial charge on any atom is 0.332 e. The third-order valence-electron chi connectivity index (χ3n) is 5.02. The molecule has 2 atom stereocenters. The van der Waals surface area contributed by atoms with E-state index < -0.39 is 0 Å². The predicted octanol–water partition coefficient (Wildman–Crippen LogP) is -0.0112. The van der Waals surface area contributed by atoms with Crippen LogP contribution in [0.15, 0.2) is 21.2 Å². The number of hydrogen-bond donors (Lipinski definition) is 2. The number of nitrogens with zero attached hydrogens (tertiary/aromatic N) is 4. The number of fused-ring (bicyclic) bond motifs is 1. The zero-order valence-corrected chi connectivity index (χ0v) is 15.5. The van der Waals surface area contributed by atoms with Crippen LogP contribution in [0.3, 0.4) is 0 Å². The van der Waals surface area contributed by atoms with Crippen LogP contribution in [0, 0.1) is 0 Å². The van der Waals surface area contributed by atoms with Crippen LogP contribution in [0.5, 0.6) is 0 Å². The highest BCUT2D eigenvalue weighted by Crippen LogP contribution is 2.32. The molecule has 0 amide bonds. The van der Waals surface area contributed by atoms with Crippen molar-refractivity contribution in [1.82, 2.24) is 14.0 Å². The van der Waals surface area contributed by atoms with Gasteiger partial charge in [0.2, 0.25) is 0 Å². The van der Waals surface area contributed by atoms with E-state index in [-0.39, 0.29) is 23.6 Å². The summed E-state index contributed by atoms with van der Waals surface area (Å²) in [5, 5.41) is 3.39. The van der Waals surface area contributed by atoms with Crippen LogP contribution >= 0.6 is 0 Å². The van der Waals surface area contributed by atoms with Gasteiger partial charge in [-0.05, 0) is 26.7 Å². The van der Waals surface area contributed by atoms with Crippen LogP contribution in [0.2, 0.25) is 0 Å². The molecule has 0 bridgehead atoms. The Kier molecular flexibility index (Phi) is 4.75. The van der Waals surface area contributed by atoms with E-state index in [9.17, 15) is 9.59 Å². The Labute approximate surface area is 147 Å². The Morgan fingerprint density at radius 3 is 2.64 bits per heavy atom. The second-order valence-corrected chi connectivity index (χ2v) is 7.25. The molecule has 3 heterocycles. The van der Waals surface area contributed by atoms with Crippen molar-refractivity contribution in [3.63, 3.8) is 0 Å². The van der Waals surface area contributed by atoms with E-state index in [0.29, 0.717) is 18.1 Å². The molecule has 3 rings (SSSR count). The minimum absolute atomic E-state index is 0.135. The maximum absolute atomic E-state index is 12.8. The highest BCUT2D eigenvalue weighted by atomic mass is 16.2. The summed E-state index contributed by atoms with van der Waals surface area (Å²) in [6.07, 6.45) is 3.98. The van der Waals surface area contributed by atoms with E-state index >= 15 is 0 Å². The molecule has 1 saturated heterocycles. The van der Waals surface area contributed by atoms with Gasteiger partial charge in [-0.25, -0.2) is 4.79 Å². The fourth-order valence-electron chi connectivity index (χ4n) is 3.60. The van der Waals surface area contributed by atoms with E-state index in [1.54, 1.807) is 7.05 Å². The molecule has 0 aromatic carbocycles. The molecule has 0 saturated carbocycles. The zero-order valence-electron chi connectivity index (χ0n) is 15.5. The van der Waals surface area contributed by atoms with Crippen LogP contribution in [-0.2, 0) is 14.1 Å². The number of hydrogen-bond acceptors (Lipinski definition) is 6. The first-order valence-electron chi connectivity index (χ1n) is 8.77. The van der Waals surface area contributed by atoms with Gasteiger partial charge in [-0.3, -0.25) is 18.8 Å². The van der Waals surface area contributed by atoms with Crippen molar-refractivity contribution in [2.24, 2.45) is 19.8 Å². The van der Waals surface area contributed by atoms with Gasteiger partial charge in [0.1, 0.15) is 11.5 Å². The Morgan fingerprint density at radius 2 is 2.00 bits per heavy atom. The minimum atomic E-state index is -0.325. The van der Waals surface area contributed by atoms with E-state index in [4.69, 9.17) is 5.73 Å². The van der Waals surface area contributed by atoms with E-state index in [0.717, 1.165) is 25.9 Å². The van der Waals surface area contributed by atoms with Crippen molar-refractivity contribution < 1.29 is 0 Å². The number of nitrogens with one attached hydrogen (secondary N) is 1. The molecule has 2 unspecified atom stereocenters. The molecule has 8 heteroatoms. The molecule has 0 radical (unpaired) electrons. The molecule has 1 aromatic heterocycles. The zero-order chi connectivity index (χ0) is 18.3. The lowest BCUT2D eigenvalue weighted by Crippen LogP contribution is -2.56. The van der Waals surface area contributed by atoms with Gasteiger partial charge in [-0.2, -0.15) is 0 Å². The SMILES string of the molecule is CC(C)=CCN1c2c(n(C)c(=O)n(C)c2=O)NC1N1CCCC(N)C1. The topological polar surface area (TPSA) is 88.5 Å². The summed E-state index contributed by atoms with van der Waals surface area (Å²) in [5.41, 5.74) is 7.29. The number of piperidine rings is 1. The molecule has 0 aliphatic carbocycles. The second kappa shape index (κ2) is 6.68. The lowest BCUT2D eigenvalue weighted by molar-refractivity contribution is 0.164. The first kappa shape index (κ1) is 17.8. The molecular weight excluding hydrogens is 320 g/mol. The summed E-state index contributed by atoms with van der Waals surface area (Å²) < 4.78 is 2.68. The van der Waals surface area contributed by atoms with Gasteiger partial charge >= 0.3 is 5.69 Å². The summed E-state index contributed by atoms with van der Waals surface area (Å²) in [7, 11) is 3.21. The first-order chi connectivity index (χ1) is 11.8. The van der Waals surface area contributed by atoms with Crippen molar-refractivity contribution in [2.75, 3.05) is 29.9 Å². The molecule has 1 fully saturated rings. The molecule has 2 aliphatic heterocycles. The third-order valence-corrected chi connectivity index (χ3v) is 5.02. The van der Waals surface area contributed by atoms with E-state index in [1.165, 1.54) is 21.8 Å². The normalized spacial score (nSPS) is 23.3. The average molecular weight is 348 g/mol. The number of aromatic nitrogens is 2. The van der Waals surface area contributed by atoms with Gasteiger partial charge in [0.15, 0.2) is 6.29 Å². The Balaban J connectivity index is 2.07. The standard InChI is InChI=1S/C17H28N6O2/c1-11(2)7-9-23-13-14(20(3)17(25)21(4)15(13)24)19-16(23)22-8-5-6-12(18)10-22/h7,12,16,19H,5-6,8-10,18H2,1-4H3. The number of likely N-dealkylation sites (tertiary alicyclic amines) is 1. The Hall–Kier alpha value is -2.06. The van der Waals surface area contributed by atoms with Crippen molar-refractivity contribution >= 4 is 11.5 Å². The minimum Gasteiger partial charge on any atom is -0.337 e. The highest BCUT2D eigenvalue weighted by molar-refractivity contribution is 5.72. The summed E-state index contributed by atoms with van der Waals surface area (Å²) >= 11 is 0. The molecule has 2 aliphatic rings. The lowest BCUT2D eigenvalue weighted by atomic mass is 10.1. The Morgan fingerprint density at radius 1 is 1.28 bits per heavy atom. The number of rotatable bonds is 3. The summed E-state index contributed by atoms with van der Waals surface area (Å²) in [5.74, 6) is 0.583. The van der Waals surface area contributed by atoms with Gasteiger partial charge in [-0.15, -0.1) is 0 Å². The largest absolute Gasteiger partial charge is 0.337 e. The number of anilines is 2. The van der Waals surface area contributed by atoms with Gasteiger partial charge in [0.05, 0.1) is 0 Å². The average Bonchev–Trinajstić information content (AvgIpc) is 2.96. The first-order valence-corrected chi connectivity index (χ1v) is 8.77. The second-order valence-electron chi connectivity index (χ2n) is 7.25. The molecule has 0 spiro atoms. The van der Waals surface area contributed by atoms with Crippen molar-refractivity contribution in [3.8, 4) is 0 Å². The monoisotopic (exact) mass is 348 g/mol. The molecule has 1 aromatic rings. The van der Waals surface area contributed by atoms with Gasteiger partial charge in [-0.1, -0.05) is 11.6 Å². The predicted molar refractivity (Wildman–Crippen MR) is 99.9 cm³/mol. The lowest BCUT2D eigenvalue weighted by Gasteiger charge is -2.39. The smallest absolute Gasteiger partial charge is 0.332 e. The van der Waals surface area contributed by atoms with Crippen LogP contribution in [0.25, 0.3) is 0 Å². The Bertz CT molecular complexity index is 805. The van der Waals surface area contributed by atoms with Crippen LogP contribution in [0.1, 0.15) is 26.7 Å². The number of allylic oxidation sites excluding steroid dienone is 1. The van der Waals surface area contributed by atoms with Crippen LogP contribution in [0.4, 0.5) is 11.5 Å². The fourth-order valence-corrected chi connectivity index (χ4v) is 3.60. The summed E-state index contributed by atoms with van der Waals surface area (Å²) in [4.78, 5) is 29.4. The summed E-state index contributed by atoms with van der Waals surface area (Å²) in [6, 6.07) is 0.135. The van der Waals surface area contributed by atoms with Crippen LogP contribution in [-0.4, -0.2) is 46.0 Å². The molecular formula is C17H28N6O2. The van der Waals surface area contributed by atoms with E-state index in [2.05, 4.69) is 16.3 Å².